The van der Waals surface area contributed by atoms with E-state index in [-0.39, 0.29) is 6.61 Å². The summed E-state index contributed by atoms with van der Waals surface area (Å²) in [5.74, 6) is 0.353. The molecule has 126 valence electrons. The minimum atomic E-state index is -0.391. The van der Waals surface area contributed by atoms with Crippen LogP contribution >= 0.6 is 11.3 Å². The van der Waals surface area contributed by atoms with Gasteiger partial charge in [0.2, 0.25) is 0 Å². The standard InChI is InChI=1S/C20H17NO3S/c1-23-17-9-5-6-15(12-17)10-11-19(22)24-14-18-13-21-20(25-18)16-7-3-2-4-8-16/h2-13H,14H2,1H3/b11-10+. The number of rotatable bonds is 6. The Morgan fingerprint density at radius 3 is 2.80 bits per heavy atom. The Morgan fingerprint density at radius 1 is 1.16 bits per heavy atom. The summed E-state index contributed by atoms with van der Waals surface area (Å²) in [5.41, 5.74) is 1.93. The van der Waals surface area contributed by atoms with Gasteiger partial charge in [0, 0.05) is 17.8 Å². The van der Waals surface area contributed by atoms with Gasteiger partial charge in [-0.3, -0.25) is 0 Å². The molecule has 1 heterocycles. The van der Waals surface area contributed by atoms with Gasteiger partial charge in [-0.05, 0) is 23.8 Å². The maximum Gasteiger partial charge on any atom is 0.331 e. The van der Waals surface area contributed by atoms with Gasteiger partial charge in [0.15, 0.2) is 0 Å². The molecule has 3 aromatic rings. The highest BCUT2D eigenvalue weighted by Crippen LogP contribution is 2.25. The van der Waals surface area contributed by atoms with Crippen molar-refractivity contribution in [1.29, 1.82) is 0 Å². The number of ether oxygens (including phenoxy) is 2. The fourth-order valence-electron chi connectivity index (χ4n) is 2.19. The van der Waals surface area contributed by atoms with Crippen LogP contribution in [0.25, 0.3) is 16.6 Å². The van der Waals surface area contributed by atoms with Crippen molar-refractivity contribution < 1.29 is 14.3 Å². The predicted molar refractivity (Wildman–Crippen MR) is 99.4 cm³/mol. The van der Waals surface area contributed by atoms with Crippen molar-refractivity contribution in [3.8, 4) is 16.3 Å². The second-order valence-corrected chi connectivity index (χ2v) is 6.33. The quantitative estimate of drug-likeness (QED) is 0.482. The highest BCUT2D eigenvalue weighted by molar-refractivity contribution is 7.15. The van der Waals surface area contributed by atoms with Crippen molar-refractivity contribution in [2.24, 2.45) is 0 Å². The van der Waals surface area contributed by atoms with E-state index in [1.807, 2.05) is 54.6 Å². The van der Waals surface area contributed by atoms with Crippen molar-refractivity contribution in [2.45, 2.75) is 6.61 Å². The fourth-order valence-corrected chi connectivity index (χ4v) is 3.02. The summed E-state index contributed by atoms with van der Waals surface area (Å²) >= 11 is 1.52. The highest BCUT2D eigenvalue weighted by atomic mass is 32.1. The van der Waals surface area contributed by atoms with Crippen LogP contribution in [0.15, 0.2) is 66.9 Å². The first-order valence-electron chi connectivity index (χ1n) is 7.73. The van der Waals surface area contributed by atoms with Crippen molar-refractivity contribution >= 4 is 23.4 Å². The average molecular weight is 351 g/mol. The lowest BCUT2D eigenvalue weighted by molar-refractivity contribution is -0.138. The molecule has 0 spiro atoms. The molecule has 5 heteroatoms. The first-order chi connectivity index (χ1) is 12.2. The first kappa shape index (κ1) is 16.9. The number of carbonyl (C=O) groups is 1. The molecule has 4 nitrogen and oxygen atoms in total. The maximum atomic E-state index is 11.9. The van der Waals surface area contributed by atoms with Crippen LogP contribution in [0.2, 0.25) is 0 Å². The number of aromatic nitrogens is 1. The summed E-state index contributed by atoms with van der Waals surface area (Å²) in [6.07, 6.45) is 4.85. The zero-order valence-corrected chi connectivity index (χ0v) is 14.5. The van der Waals surface area contributed by atoms with Crippen LogP contribution in [-0.2, 0) is 16.1 Å². The van der Waals surface area contributed by atoms with Crippen molar-refractivity contribution in [2.75, 3.05) is 7.11 Å². The lowest BCUT2D eigenvalue weighted by Crippen LogP contribution is -1.99. The number of nitrogens with zero attached hydrogens (tertiary/aromatic N) is 1. The van der Waals surface area contributed by atoms with E-state index in [4.69, 9.17) is 9.47 Å². The Kier molecular flexibility index (Phi) is 5.59. The molecule has 0 N–H and O–H groups in total. The Balaban J connectivity index is 1.55. The van der Waals surface area contributed by atoms with Gasteiger partial charge >= 0.3 is 5.97 Å². The minimum Gasteiger partial charge on any atom is -0.497 e. The van der Waals surface area contributed by atoms with E-state index >= 15 is 0 Å². The van der Waals surface area contributed by atoms with Crippen molar-refractivity contribution in [1.82, 2.24) is 4.98 Å². The average Bonchev–Trinajstić information content (AvgIpc) is 3.15. The van der Waals surface area contributed by atoms with Gasteiger partial charge in [-0.2, -0.15) is 0 Å². The Morgan fingerprint density at radius 2 is 2.00 bits per heavy atom. The van der Waals surface area contributed by atoms with Crippen LogP contribution in [0, 0.1) is 0 Å². The van der Waals surface area contributed by atoms with Crippen LogP contribution in [0.5, 0.6) is 5.75 Å². The van der Waals surface area contributed by atoms with E-state index in [0.717, 1.165) is 26.8 Å². The van der Waals surface area contributed by atoms with Crippen LogP contribution in [0.4, 0.5) is 0 Å². The van der Waals surface area contributed by atoms with E-state index in [9.17, 15) is 4.79 Å². The summed E-state index contributed by atoms with van der Waals surface area (Å²) in [4.78, 5) is 17.1. The molecule has 3 rings (SSSR count). The summed E-state index contributed by atoms with van der Waals surface area (Å²) in [7, 11) is 1.61. The number of benzene rings is 2. The minimum absolute atomic E-state index is 0.214. The summed E-state index contributed by atoms with van der Waals surface area (Å²) < 4.78 is 10.4. The molecule has 25 heavy (non-hydrogen) atoms. The maximum absolute atomic E-state index is 11.9. The van der Waals surface area contributed by atoms with E-state index in [2.05, 4.69) is 4.98 Å². The molecule has 0 aliphatic heterocycles. The molecular formula is C20H17NO3S. The predicted octanol–water partition coefficient (Wildman–Crippen LogP) is 4.58. The normalized spacial score (nSPS) is 10.8. The Hall–Kier alpha value is -2.92. The van der Waals surface area contributed by atoms with E-state index in [1.165, 1.54) is 17.4 Å². The van der Waals surface area contributed by atoms with Gasteiger partial charge in [-0.1, -0.05) is 42.5 Å². The second kappa shape index (κ2) is 8.26. The lowest BCUT2D eigenvalue weighted by Gasteiger charge is -2.00. The van der Waals surface area contributed by atoms with E-state index in [1.54, 1.807) is 19.4 Å². The molecule has 0 aliphatic rings. The summed E-state index contributed by atoms with van der Waals surface area (Å²) in [5, 5.41) is 0.915. The third kappa shape index (κ3) is 4.78. The van der Waals surface area contributed by atoms with Crippen LogP contribution in [-0.4, -0.2) is 18.1 Å². The molecule has 0 saturated heterocycles. The first-order valence-corrected chi connectivity index (χ1v) is 8.55. The highest BCUT2D eigenvalue weighted by Gasteiger charge is 2.06. The Labute approximate surface area is 150 Å². The van der Waals surface area contributed by atoms with Crippen LogP contribution in [0.1, 0.15) is 10.4 Å². The molecule has 0 unspecified atom stereocenters. The van der Waals surface area contributed by atoms with Crippen LogP contribution < -0.4 is 4.74 Å². The number of esters is 1. The van der Waals surface area contributed by atoms with Crippen molar-refractivity contribution in [3.63, 3.8) is 0 Å². The molecule has 0 amide bonds. The molecule has 1 aromatic heterocycles. The molecular weight excluding hydrogens is 334 g/mol. The lowest BCUT2D eigenvalue weighted by atomic mass is 10.2. The molecule has 0 radical (unpaired) electrons. The van der Waals surface area contributed by atoms with Crippen molar-refractivity contribution in [3.05, 3.63) is 77.3 Å². The van der Waals surface area contributed by atoms with Gasteiger partial charge in [0.1, 0.15) is 17.4 Å². The molecule has 0 saturated carbocycles. The Bertz CT molecular complexity index is 871. The van der Waals surface area contributed by atoms with Gasteiger partial charge in [0.05, 0.1) is 12.0 Å². The second-order valence-electron chi connectivity index (χ2n) is 5.22. The SMILES string of the molecule is COc1cccc(/C=C/C(=O)OCc2cnc(-c3ccccc3)s2)c1. The monoisotopic (exact) mass is 351 g/mol. The summed E-state index contributed by atoms with van der Waals surface area (Å²) in [6, 6.07) is 17.4. The van der Waals surface area contributed by atoms with Gasteiger partial charge in [-0.15, -0.1) is 11.3 Å². The van der Waals surface area contributed by atoms with E-state index < -0.39 is 5.97 Å². The zero-order chi connectivity index (χ0) is 17.5. The number of hydrogen-bond acceptors (Lipinski definition) is 5. The summed E-state index contributed by atoms with van der Waals surface area (Å²) in [6.45, 7) is 0.214. The largest absolute Gasteiger partial charge is 0.497 e. The third-order valence-corrected chi connectivity index (χ3v) is 4.46. The number of thiazole rings is 1. The molecule has 2 aromatic carbocycles. The molecule has 0 bridgehead atoms. The fraction of sp³-hybridized carbons (Fsp3) is 0.100. The number of hydrogen-bond donors (Lipinski definition) is 0. The van der Waals surface area contributed by atoms with Gasteiger partial charge < -0.3 is 9.47 Å². The van der Waals surface area contributed by atoms with E-state index in [0.29, 0.717) is 0 Å². The topological polar surface area (TPSA) is 48.4 Å². The number of methoxy groups -OCH3 is 1. The third-order valence-electron chi connectivity index (χ3n) is 3.44. The molecule has 0 aliphatic carbocycles. The number of carbonyl (C=O) groups excluding carboxylic acids is 1. The van der Waals surface area contributed by atoms with Crippen LogP contribution in [0.3, 0.4) is 0 Å². The van der Waals surface area contributed by atoms with Gasteiger partial charge in [0.25, 0.3) is 0 Å². The van der Waals surface area contributed by atoms with Gasteiger partial charge in [-0.25, -0.2) is 9.78 Å². The smallest absolute Gasteiger partial charge is 0.331 e. The molecule has 0 atom stereocenters. The molecule has 0 fully saturated rings. The zero-order valence-electron chi connectivity index (χ0n) is 13.7.